The molecule has 0 amide bonds. The molecule has 0 heterocycles. The third-order valence-corrected chi connectivity index (χ3v) is 3.17. The SMILES string of the molecule is CCOC(CNc1ccc(F)cc1[N+](=O)[O-])c1ccccc1. The second-order valence-electron chi connectivity index (χ2n) is 4.65. The van der Waals surface area contributed by atoms with Crippen LogP contribution in [-0.2, 0) is 4.74 Å². The molecule has 1 N–H and O–H groups in total. The van der Waals surface area contributed by atoms with Gasteiger partial charge >= 0.3 is 0 Å². The Bertz CT molecular complexity index is 635. The number of benzene rings is 2. The summed E-state index contributed by atoms with van der Waals surface area (Å²) in [5.41, 5.74) is 0.956. The number of rotatable bonds is 7. The molecule has 2 aromatic carbocycles. The van der Waals surface area contributed by atoms with Gasteiger partial charge in [-0.2, -0.15) is 0 Å². The number of anilines is 1. The monoisotopic (exact) mass is 304 g/mol. The average Bonchev–Trinajstić information content (AvgIpc) is 2.53. The fourth-order valence-corrected chi connectivity index (χ4v) is 2.15. The predicted molar refractivity (Wildman–Crippen MR) is 82.4 cm³/mol. The Labute approximate surface area is 127 Å². The van der Waals surface area contributed by atoms with E-state index in [2.05, 4.69) is 5.32 Å². The summed E-state index contributed by atoms with van der Waals surface area (Å²) in [5, 5.41) is 14.0. The van der Waals surface area contributed by atoms with Gasteiger partial charge in [0.1, 0.15) is 11.5 Å². The highest BCUT2D eigenvalue weighted by molar-refractivity contribution is 5.61. The van der Waals surface area contributed by atoms with E-state index in [0.717, 1.165) is 11.6 Å². The lowest BCUT2D eigenvalue weighted by Gasteiger charge is -2.18. The van der Waals surface area contributed by atoms with Crippen LogP contribution in [0.2, 0.25) is 0 Å². The Morgan fingerprint density at radius 2 is 2.00 bits per heavy atom. The second kappa shape index (κ2) is 7.51. The number of hydrogen-bond acceptors (Lipinski definition) is 4. The lowest BCUT2D eigenvalue weighted by molar-refractivity contribution is -0.384. The molecule has 2 aromatic rings. The van der Waals surface area contributed by atoms with Gasteiger partial charge in [-0.05, 0) is 24.6 Å². The first-order chi connectivity index (χ1) is 10.6. The zero-order valence-electron chi connectivity index (χ0n) is 12.2. The number of hydrogen-bond donors (Lipinski definition) is 1. The van der Waals surface area contributed by atoms with Crippen LogP contribution in [0, 0.1) is 15.9 Å². The zero-order chi connectivity index (χ0) is 15.9. The molecule has 0 spiro atoms. The lowest BCUT2D eigenvalue weighted by atomic mass is 10.1. The van der Waals surface area contributed by atoms with Crippen LogP contribution in [0.5, 0.6) is 0 Å². The standard InChI is InChI=1S/C16H17FN2O3/c1-2-22-16(12-6-4-3-5-7-12)11-18-14-9-8-13(17)10-15(14)19(20)21/h3-10,16,18H,2,11H2,1H3. The summed E-state index contributed by atoms with van der Waals surface area (Å²) in [7, 11) is 0. The molecule has 0 saturated heterocycles. The van der Waals surface area contributed by atoms with Crippen molar-refractivity contribution in [2.45, 2.75) is 13.0 Å². The van der Waals surface area contributed by atoms with Gasteiger partial charge in [0.05, 0.1) is 17.1 Å². The maximum Gasteiger partial charge on any atom is 0.295 e. The van der Waals surface area contributed by atoms with Gasteiger partial charge < -0.3 is 10.1 Å². The van der Waals surface area contributed by atoms with Crippen molar-refractivity contribution in [1.29, 1.82) is 0 Å². The maximum atomic E-state index is 13.1. The molecule has 0 aliphatic heterocycles. The molecule has 1 atom stereocenters. The molecular formula is C16H17FN2O3. The van der Waals surface area contributed by atoms with Crippen LogP contribution in [-0.4, -0.2) is 18.1 Å². The average molecular weight is 304 g/mol. The first-order valence-electron chi connectivity index (χ1n) is 6.96. The normalized spacial score (nSPS) is 11.9. The second-order valence-corrected chi connectivity index (χ2v) is 4.65. The van der Waals surface area contributed by atoms with E-state index in [1.165, 1.54) is 12.1 Å². The fraction of sp³-hybridized carbons (Fsp3) is 0.250. The molecule has 0 aliphatic rings. The topological polar surface area (TPSA) is 64.4 Å². The molecule has 0 bridgehead atoms. The van der Waals surface area contributed by atoms with E-state index < -0.39 is 10.7 Å². The summed E-state index contributed by atoms with van der Waals surface area (Å²) in [6.45, 7) is 2.76. The minimum absolute atomic E-state index is 0.240. The number of halogens is 1. The molecule has 0 fully saturated rings. The Kier molecular flexibility index (Phi) is 5.43. The van der Waals surface area contributed by atoms with E-state index in [1.807, 2.05) is 37.3 Å². The van der Waals surface area contributed by atoms with Gasteiger partial charge in [-0.15, -0.1) is 0 Å². The van der Waals surface area contributed by atoms with E-state index in [4.69, 9.17) is 4.74 Å². The highest BCUT2D eigenvalue weighted by atomic mass is 19.1. The smallest absolute Gasteiger partial charge is 0.295 e. The van der Waals surface area contributed by atoms with Crippen LogP contribution in [0.1, 0.15) is 18.6 Å². The Hall–Kier alpha value is -2.47. The molecule has 0 saturated carbocycles. The van der Waals surface area contributed by atoms with Gasteiger partial charge in [0.15, 0.2) is 0 Å². The van der Waals surface area contributed by atoms with Crippen molar-refractivity contribution in [3.05, 3.63) is 70.0 Å². The summed E-state index contributed by atoms with van der Waals surface area (Å²) in [5.74, 6) is -0.637. The summed E-state index contributed by atoms with van der Waals surface area (Å²) < 4.78 is 18.8. The van der Waals surface area contributed by atoms with E-state index in [1.54, 1.807) is 0 Å². The number of ether oxygens (including phenoxy) is 1. The largest absolute Gasteiger partial charge is 0.377 e. The van der Waals surface area contributed by atoms with Gasteiger partial charge in [-0.25, -0.2) is 4.39 Å². The first-order valence-corrected chi connectivity index (χ1v) is 6.96. The summed E-state index contributed by atoms with van der Waals surface area (Å²) >= 11 is 0. The summed E-state index contributed by atoms with van der Waals surface area (Å²) in [6.07, 6.45) is -0.240. The fourth-order valence-electron chi connectivity index (χ4n) is 2.15. The lowest BCUT2D eigenvalue weighted by Crippen LogP contribution is -2.16. The zero-order valence-corrected chi connectivity index (χ0v) is 12.2. The molecule has 116 valence electrons. The van der Waals surface area contributed by atoms with Crippen molar-refractivity contribution in [2.75, 3.05) is 18.5 Å². The number of nitro benzene ring substituents is 1. The van der Waals surface area contributed by atoms with Crippen molar-refractivity contribution in [3.63, 3.8) is 0 Å². The molecule has 6 heteroatoms. The Morgan fingerprint density at radius 3 is 2.64 bits per heavy atom. The van der Waals surface area contributed by atoms with Crippen molar-refractivity contribution in [1.82, 2.24) is 0 Å². The molecule has 1 unspecified atom stereocenters. The van der Waals surface area contributed by atoms with E-state index in [0.29, 0.717) is 13.2 Å². The van der Waals surface area contributed by atoms with E-state index in [-0.39, 0.29) is 17.5 Å². The molecule has 0 radical (unpaired) electrons. The predicted octanol–water partition coefficient (Wildman–Crippen LogP) is 3.92. The van der Waals surface area contributed by atoms with E-state index >= 15 is 0 Å². The van der Waals surface area contributed by atoms with Crippen molar-refractivity contribution in [3.8, 4) is 0 Å². The Morgan fingerprint density at radius 1 is 1.27 bits per heavy atom. The number of nitro groups is 1. The van der Waals surface area contributed by atoms with Gasteiger partial charge in [-0.3, -0.25) is 10.1 Å². The molecule has 0 aliphatic carbocycles. The summed E-state index contributed by atoms with van der Waals surface area (Å²) in [6, 6.07) is 13.0. The highest BCUT2D eigenvalue weighted by Gasteiger charge is 2.17. The highest BCUT2D eigenvalue weighted by Crippen LogP contribution is 2.26. The first kappa shape index (κ1) is 15.9. The van der Waals surface area contributed by atoms with Gasteiger partial charge in [0.25, 0.3) is 5.69 Å². The quantitative estimate of drug-likeness (QED) is 0.622. The maximum absolute atomic E-state index is 13.1. The van der Waals surface area contributed by atoms with Crippen LogP contribution in [0.25, 0.3) is 0 Å². The van der Waals surface area contributed by atoms with E-state index in [9.17, 15) is 14.5 Å². The van der Waals surface area contributed by atoms with Gasteiger partial charge in [-0.1, -0.05) is 30.3 Å². The van der Waals surface area contributed by atoms with Gasteiger partial charge in [0, 0.05) is 13.2 Å². The molecule has 5 nitrogen and oxygen atoms in total. The van der Waals surface area contributed by atoms with Crippen molar-refractivity contribution >= 4 is 11.4 Å². The minimum Gasteiger partial charge on any atom is -0.377 e. The molecule has 2 rings (SSSR count). The number of nitrogens with one attached hydrogen (secondary N) is 1. The van der Waals surface area contributed by atoms with Crippen LogP contribution in [0.4, 0.5) is 15.8 Å². The summed E-state index contributed by atoms with van der Waals surface area (Å²) in [4.78, 5) is 10.4. The van der Waals surface area contributed by atoms with Crippen molar-refractivity contribution < 1.29 is 14.1 Å². The number of nitrogens with zero attached hydrogens (tertiary/aromatic N) is 1. The third kappa shape index (κ3) is 4.02. The molecule has 0 aromatic heterocycles. The van der Waals surface area contributed by atoms with Crippen molar-refractivity contribution in [2.24, 2.45) is 0 Å². The third-order valence-electron chi connectivity index (χ3n) is 3.17. The van der Waals surface area contributed by atoms with Crippen LogP contribution >= 0.6 is 0 Å². The van der Waals surface area contributed by atoms with Crippen LogP contribution in [0.3, 0.4) is 0 Å². The Balaban J connectivity index is 2.15. The van der Waals surface area contributed by atoms with Crippen LogP contribution < -0.4 is 5.32 Å². The molecular weight excluding hydrogens is 287 g/mol. The minimum atomic E-state index is -0.637. The van der Waals surface area contributed by atoms with Crippen LogP contribution in [0.15, 0.2) is 48.5 Å². The van der Waals surface area contributed by atoms with Gasteiger partial charge in [0.2, 0.25) is 0 Å². The molecule has 22 heavy (non-hydrogen) atoms.